The summed E-state index contributed by atoms with van der Waals surface area (Å²) in [6.07, 6.45) is 0. The second kappa shape index (κ2) is 7.87. The first kappa shape index (κ1) is 16.6. The fourth-order valence-electron chi connectivity index (χ4n) is 1.34. The van der Waals surface area contributed by atoms with E-state index in [1.807, 2.05) is 19.0 Å². The number of aromatic nitrogens is 1. The normalized spacial score (nSPS) is 12.1. The molecule has 0 bridgehead atoms. The fraction of sp³-hybridized carbons (Fsp3) is 0.727. The standard InChI is InChI=1S/C11H21N3OS.ClH/c1-8(7-15-5)12-6-10-9(2)13-11(16-10)14(3)4;/h8,12H,6-7H2,1-5H3;1H. The van der Waals surface area contributed by atoms with Gasteiger partial charge in [-0.2, -0.15) is 0 Å². The van der Waals surface area contributed by atoms with Gasteiger partial charge in [-0.25, -0.2) is 4.98 Å². The molecule has 0 aliphatic carbocycles. The Morgan fingerprint density at radius 1 is 1.47 bits per heavy atom. The van der Waals surface area contributed by atoms with Crippen LogP contribution in [-0.2, 0) is 11.3 Å². The summed E-state index contributed by atoms with van der Waals surface area (Å²) in [4.78, 5) is 7.85. The van der Waals surface area contributed by atoms with E-state index in [0.717, 1.165) is 24.0 Å². The molecule has 0 saturated heterocycles. The molecule has 1 N–H and O–H groups in total. The minimum Gasteiger partial charge on any atom is -0.383 e. The maximum Gasteiger partial charge on any atom is 0.185 e. The summed E-state index contributed by atoms with van der Waals surface area (Å²) in [5, 5.41) is 4.48. The third-order valence-corrected chi connectivity index (χ3v) is 3.62. The van der Waals surface area contributed by atoms with Crippen LogP contribution in [0.1, 0.15) is 17.5 Å². The van der Waals surface area contributed by atoms with Crippen molar-refractivity contribution in [1.29, 1.82) is 0 Å². The Bertz CT molecular complexity index is 331. The summed E-state index contributed by atoms with van der Waals surface area (Å²) < 4.78 is 5.08. The van der Waals surface area contributed by atoms with Crippen LogP contribution in [0.2, 0.25) is 0 Å². The lowest BCUT2D eigenvalue weighted by molar-refractivity contribution is 0.172. The Labute approximate surface area is 114 Å². The number of nitrogens with zero attached hydrogens (tertiary/aromatic N) is 2. The number of hydrogen-bond donors (Lipinski definition) is 1. The zero-order chi connectivity index (χ0) is 12.1. The molecule has 0 aromatic carbocycles. The third kappa shape index (κ3) is 5.21. The van der Waals surface area contributed by atoms with Crippen LogP contribution in [0.3, 0.4) is 0 Å². The number of aryl methyl sites for hydroxylation is 1. The zero-order valence-corrected chi connectivity index (χ0v) is 12.7. The largest absolute Gasteiger partial charge is 0.383 e. The molecular weight excluding hydrogens is 258 g/mol. The van der Waals surface area contributed by atoms with Gasteiger partial charge >= 0.3 is 0 Å². The predicted molar refractivity (Wildman–Crippen MR) is 76.6 cm³/mol. The molecule has 6 heteroatoms. The average molecular weight is 280 g/mol. The molecule has 1 heterocycles. The maximum atomic E-state index is 5.08. The van der Waals surface area contributed by atoms with Crippen LogP contribution < -0.4 is 10.2 Å². The molecule has 1 aromatic heterocycles. The Balaban J connectivity index is 0.00000256. The number of anilines is 1. The number of ether oxygens (including phenoxy) is 1. The van der Waals surface area contributed by atoms with Crippen molar-refractivity contribution in [2.45, 2.75) is 26.4 Å². The average Bonchev–Trinajstić information content (AvgIpc) is 2.58. The van der Waals surface area contributed by atoms with Crippen molar-refractivity contribution in [3.63, 3.8) is 0 Å². The molecule has 1 aromatic rings. The molecule has 0 amide bonds. The minimum absolute atomic E-state index is 0. The summed E-state index contributed by atoms with van der Waals surface area (Å²) in [5.74, 6) is 0. The van der Waals surface area contributed by atoms with Crippen LogP contribution >= 0.6 is 23.7 Å². The van der Waals surface area contributed by atoms with Gasteiger partial charge in [0.1, 0.15) is 0 Å². The van der Waals surface area contributed by atoms with E-state index in [1.165, 1.54) is 4.88 Å². The van der Waals surface area contributed by atoms with Gasteiger partial charge in [0.05, 0.1) is 12.3 Å². The van der Waals surface area contributed by atoms with Crippen molar-refractivity contribution in [2.24, 2.45) is 0 Å². The summed E-state index contributed by atoms with van der Waals surface area (Å²) in [6.45, 7) is 5.77. The van der Waals surface area contributed by atoms with Crippen LogP contribution in [0.15, 0.2) is 0 Å². The molecule has 1 rings (SSSR count). The van der Waals surface area contributed by atoms with Crippen molar-refractivity contribution in [3.8, 4) is 0 Å². The molecule has 100 valence electrons. The predicted octanol–water partition coefficient (Wildman–Crippen LogP) is 2.06. The van der Waals surface area contributed by atoms with Crippen molar-refractivity contribution in [1.82, 2.24) is 10.3 Å². The van der Waals surface area contributed by atoms with E-state index in [-0.39, 0.29) is 12.4 Å². The second-order valence-electron chi connectivity index (χ2n) is 4.14. The van der Waals surface area contributed by atoms with Gasteiger partial charge in [0.15, 0.2) is 5.13 Å². The number of halogens is 1. The summed E-state index contributed by atoms with van der Waals surface area (Å²) in [7, 11) is 5.76. The Kier molecular flexibility index (Phi) is 7.70. The third-order valence-electron chi connectivity index (χ3n) is 2.29. The number of hydrogen-bond acceptors (Lipinski definition) is 5. The highest BCUT2D eigenvalue weighted by Crippen LogP contribution is 2.24. The van der Waals surface area contributed by atoms with E-state index in [4.69, 9.17) is 4.74 Å². The van der Waals surface area contributed by atoms with Gasteiger partial charge in [-0.3, -0.25) is 0 Å². The molecule has 0 radical (unpaired) electrons. The summed E-state index contributed by atoms with van der Waals surface area (Å²) in [6, 6.07) is 0.370. The molecule has 0 aliphatic heterocycles. The van der Waals surface area contributed by atoms with E-state index in [2.05, 4.69) is 24.1 Å². The van der Waals surface area contributed by atoms with Gasteiger partial charge in [0.2, 0.25) is 0 Å². The fourth-order valence-corrected chi connectivity index (χ4v) is 2.28. The number of rotatable bonds is 6. The van der Waals surface area contributed by atoms with Crippen molar-refractivity contribution >= 4 is 28.9 Å². The Hall–Kier alpha value is -0.360. The second-order valence-corrected chi connectivity index (χ2v) is 5.20. The first-order valence-electron chi connectivity index (χ1n) is 5.40. The lowest BCUT2D eigenvalue weighted by Crippen LogP contribution is -2.29. The van der Waals surface area contributed by atoms with E-state index >= 15 is 0 Å². The van der Waals surface area contributed by atoms with Crippen LogP contribution in [0, 0.1) is 6.92 Å². The number of nitrogens with one attached hydrogen (secondary N) is 1. The molecule has 0 aliphatic rings. The van der Waals surface area contributed by atoms with Crippen LogP contribution in [0.25, 0.3) is 0 Å². The molecule has 0 saturated carbocycles. The SMILES string of the molecule is COCC(C)NCc1sc(N(C)C)nc1C.Cl. The Morgan fingerprint density at radius 2 is 2.12 bits per heavy atom. The number of thiazole rings is 1. The van der Waals surface area contributed by atoms with Crippen LogP contribution in [0.5, 0.6) is 0 Å². The van der Waals surface area contributed by atoms with Gasteiger partial charge in [-0.1, -0.05) is 0 Å². The van der Waals surface area contributed by atoms with E-state index in [9.17, 15) is 0 Å². The topological polar surface area (TPSA) is 37.4 Å². The lowest BCUT2D eigenvalue weighted by Gasteiger charge is -2.11. The smallest absolute Gasteiger partial charge is 0.185 e. The van der Waals surface area contributed by atoms with Gasteiger partial charge < -0.3 is 15.0 Å². The summed E-state index contributed by atoms with van der Waals surface area (Å²) in [5.41, 5.74) is 1.12. The zero-order valence-electron chi connectivity index (χ0n) is 11.1. The minimum atomic E-state index is 0. The maximum absolute atomic E-state index is 5.08. The Morgan fingerprint density at radius 3 is 2.59 bits per heavy atom. The van der Waals surface area contributed by atoms with Gasteiger partial charge in [0.25, 0.3) is 0 Å². The van der Waals surface area contributed by atoms with E-state index in [1.54, 1.807) is 18.4 Å². The molecule has 1 unspecified atom stereocenters. The highest BCUT2D eigenvalue weighted by atomic mass is 35.5. The van der Waals surface area contributed by atoms with Gasteiger partial charge in [-0.15, -0.1) is 23.7 Å². The van der Waals surface area contributed by atoms with E-state index in [0.29, 0.717) is 6.04 Å². The summed E-state index contributed by atoms with van der Waals surface area (Å²) >= 11 is 1.74. The van der Waals surface area contributed by atoms with Crippen molar-refractivity contribution in [3.05, 3.63) is 10.6 Å². The van der Waals surface area contributed by atoms with Gasteiger partial charge in [-0.05, 0) is 13.8 Å². The van der Waals surface area contributed by atoms with Crippen LogP contribution in [-0.4, -0.2) is 38.8 Å². The first-order chi connectivity index (χ1) is 7.54. The highest BCUT2D eigenvalue weighted by Gasteiger charge is 2.09. The monoisotopic (exact) mass is 279 g/mol. The van der Waals surface area contributed by atoms with E-state index < -0.39 is 0 Å². The molecule has 4 nitrogen and oxygen atoms in total. The van der Waals surface area contributed by atoms with Crippen molar-refractivity contribution in [2.75, 3.05) is 32.7 Å². The molecule has 0 spiro atoms. The van der Waals surface area contributed by atoms with Crippen molar-refractivity contribution < 1.29 is 4.74 Å². The molecule has 1 atom stereocenters. The number of methoxy groups -OCH3 is 1. The molecule has 0 fully saturated rings. The quantitative estimate of drug-likeness (QED) is 0.865. The van der Waals surface area contributed by atoms with Gasteiger partial charge in [0, 0.05) is 38.7 Å². The first-order valence-corrected chi connectivity index (χ1v) is 6.22. The molecular formula is C11H22ClN3OS. The van der Waals surface area contributed by atoms with Crippen LogP contribution in [0.4, 0.5) is 5.13 Å². The highest BCUT2D eigenvalue weighted by molar-refractivity contribution is 7.15. The molecule has 17 heavy (non-hydrogen) atoms. The lowest BCUT2D eigenvalue weighted by atomic mass is 10.3.